The second kappa shape index (κ2) is 8.83. The number of anilines is 2. The third-order valence-corrected chi connectivity index (χ3v) is 4.94. The lowest BCUT2D eigenvalue weighted by Crippen LogP contribution is -2.37. The Labute approximate surface area is 180 Å². The zero-order valence-electron chi connectivity index (χ0n) is 18.4. The van der Waals surface area contributed by atoms with E-state index in [1.54, 1.807) is 32.9 Å². The van der Waals surface area contributed by atoms with Crippen LogP contribution in [0.3, 0.4) is 0 Å². The number of rotatable bonds is 5. The Morgan fingerprint density at radius 3 is 2.26 bits per heavy atom. The van der Waals surface area contributed by atoms with Gasteiger partial charge in [0, 0.05) is 24.5 Å². The number of nitrogens with one attached hydrogen (secondary N) is 1. The number of hydrogen-bond acceptors (Lipinski definition) is 8. The van der Waals surface area contributed by atoms with Crippen LogP contribution in [0, 0.1) is 5.92 Å². The van der Waals surface area contributed by atoms with Crippen LogP contribution in [-0.4, -0.2) is 60.0 Å². The third-order valence-electron chi connectivity index (χ3n) is 4.94. The molecule has 1 aliphatic heterocycles. The molecule has 3 rings (SSSR count). The van der Waals surface area contributed by atoms with Crippen molar-refractivity contribution in [1.29, 1.82) is 0 Å². The van der Waals surface area contributed by atoms with Crippen LogP contribution in [0.1, 0.15) is 33.6 Å². The summed E-state index contributed by atoms with van der Waals surface area (Å²) in [7, 11) is 3.05. The van der Waals surface area contributed by atoms with Crippen molar-refractivity contribution in [1.82, 2.24) is 9.97 Å². The number of methoxy groups -OCH3 is 2. The minimum Gasteiger partial charge on any atom is -0.493 e. The molecule has 0 unspecified atom stereocenters. The first-order valence-corrected chi connectivity index (χ1v) is 10.0. The van der Waals surface area contributed by atoms with Crippen molar-refractivity contribution in [3.63, 3.8) is 0 Å². The molecule has 1 aromatic carbocycles. The first-order chi connectivity index (χ1) is 14.6. The van der Waals surface area contributed by atoms with Gasteiger partial charge in [0.15, 0.2) is 11.5 Å². The van der Waals surface area contributed by atoms with Gasteiger partial charge in [-0.2, -0.15) is 4.98 Å². The minimum absolute atomic E-state index is 0.274. The maximum atomic E-state index is 12.4. The zero-order valence-corrected chi connectivity index (χ0v) is 18.4. The number of piperidine rings is 1. The minimum atomic E-state index is -0.789. The number of benzene rings is 1. The van der Waals surface area contributed by atoms with E-state index in [2.05, 4.69) is 15.3 Å². The summed E-state index contributed by atoms with van der Waals surface area (Å²) in [4.78, 5) is 34.8. The van der Waals surface area contributed by atoms with Crippen molar-refractivity contribution in [2.24, 2.45) is 5.92 Å². The van der Waals surface area contributed by atoms with E-state index in [1.807, 2.05) is 4.90 Å². The lowest BCUT2D eigenvalue weighted by atomic mass is 9.97. The molecule has 168 valence electrons. The SMILES string of the molecule is COc1cc2nc(N3CCC(C(=O)O)CC3)nc(NC(=O)OC(C)(C)C)c2cc1OC. The van der Waals surface area contributed by atoms with Crippen LogP contribution in [0.4, 0.5) is 16.6 Å². The van der Waals surface area contributed by atoms with Gasteiger partial charge in [-0.05, 0) is 39.7 Å². The number of carbonyl (C=O) groups is 2. The number of fused-ring (bicyclic) bond motifs is 1. The van der Waals surface area contributed by atoms with Crippen LogP contribution >= 0.6 is 0 Å². The summed E-state index contributed by atoms with van der Waals surface area (Å²) in [6, 6.07) is 3.41. The number of ether oxygens (including phenoxy) is 3. The number of aromatic nitrogens is 2. The maximum Gasteiger partial charge on any atom is 0.413 e. The summed E-state index contributed by atoms with van der Waals surface area (Å²) in [6.07, 6.45) is 0.354. The molecule has 0 atom stereocenters. The molecular weight excluding hydrogens is 404 g/mol. The van der Waals surface area contributed by atoms with E-state index < -0.39 is 17.7 Å². The predicted octanol–water partition coefficient (Wildman–Crippen LogP) is 3.30. The second-order valence-electron chi connectivity index (χ2n) is 8.32. The molecule has 0 spiro atoms. The number of carbonyl (C=O) groups excluding carboxylic acids is 1. The number of aliphatic carboxylic acids is 1. The summed E-state index contributed by atoms with van der Waals surface area (Å²) in [5.41, 5.74) is -0.121. The van der Waals surface area contributed by atoms with Crippen molar-refractivity contribution in [3.05, 3.63) is 12.1 Å². The molecule has 1 saturated heterocycles. The number of nitrogens with zero attached hydrogens (tertiary/aromatic N) is 3. The van der Waals surface area contributed by atoms with Crippen molar-refractivity contribution < 1.29 is 28.9 Å². The fraction of sp³-hybridized carbons (Fsp3) is 0.524. The molecule has 1 amide bonds. The van der Waals surface area contributed by atoms with Gasteiger partial charge in [-0.15, -0.1) is 0 Å². The van der Waals surface area contributed by atoms with E-state index >= 15 is 0 Å². The fourth-order valence-corrected chi connectivity index (χ4v) is 3.41. The highest BCUT2D eigenvalue weighted by atomic mass is 16.6. The normalized spacial score (nSPS) is 14.9. The monoisotopic (exact) mass is 432 g/mol. The lowest BCUT2D eigenvalue weighted by Gasteiger charge is -2.30. The van der Waals surface area contributed by atoms with Gasteiger partial charge < -0.3 is 24.2 Å². The Morgan fingerprint density at radius 1 is 1.10 bits per heavy atom. The number of carboxylic acid groups (broad SMARTS) is 1. The van der Waals surface area contributed by atoms with E-state index in [4.69, 9.17) is 14.2 Å². The summed E-state index contributed by atoms with van der Waals surface area (Å²) in [5, 5.41) is 12.5. The molecule has 1 aromatic heterocycles. The Bertz CT molecular complexity index is 980. The quantitative estimate of drug-likeness (QED) is 0.732. The van der Waals surface area contributed by atoms with Crippen LogP contribution in [0.15, 0.2) is 12.1 Å². The largest absolute Gasteiger partial charge is 0.493 e. The molecule has 2 N–H and O–H groups in total. The van der Waals surface area contributed by atoms with E-state index in [0.717, 1.165) is 0 Å². The Balaban J connectivity index is 2.01. The molecule has 1 aliphatic rings. The van der Waals surface area contributed by atoms with Gasteiger partial charge in [0.05, 0.1) is 25.7 Å². The number of hydrogen-bond donors (Lipinski definition) is 2. The Kier molecular flexibility index (Phi) is 6.37. The summed E-state index contributed by atoms with van der Waals surface area (Å²) in [6.45, 7) is 6.33. The Hall–Kier alpha value is -3.30. The second-order valence-corrected chi connectivity index (χ2v) is 8.32. The van der Waals surface area contributed by atoms with Gasteiger partial charge in [-0.1, -0.05) is 0 Å². The molecule has 10 heteroatoms. The molecule has 2 heterocycles. The molecule has 1 fully saturated rings. The molecule has 10 nitrogen and oxygen atoms in total. The van der Waals surface area contributed by atoms with Crippen LogP contribution in [0.5, 0.6) is 11.5 Å². The molecule has 31 heavy (non-hydrogen) atoms. The van der Waals surface area contributed by atoms with Crippen molar-refractivity contribution in [3.8, 4) is 11.5 Å². The Morgan fingerprint density at radius 2 is 1.71 bits per heavy atom. The zero-order chi connectivity index (χ0) is 22.8. The lowest BCUT2D eigenvalue weighted by molar-refractivity contribution is -0.142. The maximum absolute atomic E-state index is 12.4. The number of carboxylic acids is 1. The smallest absolute Gasteiger partial charge is 0.413 e. The topological polar surface area (TPSA) is 123 Å². The molecule has 0 bridgehead atoms. The van der Waals surface area contributed by atoms with Crippen LogP contribution in [0.25, 0.3) is 10.9 Å². The standard InChI is InChI=1S/C21H28N4O6/c1-21(2,3)31-20(28)24-17-13-10-15(29-4)16(30-5)11-14(13)22-19(23-17)25-8-6-12(7-9-25)18(26)27/h10-12H,6-9H2,1-5H3,(H,26,27)(H,22,23,24,28). The fourth-order valence-electron chi connectivity index (χ4n) is 3.41. The highest BCUT2D eigenvalue weighted by molar-refractivity contribution is 5.98. The van der Waals surface area contributed by atoms with Crippen LogP contribution in [-0.2, 0) is 9.53 Å². The molecular formula is C21H28N4O6. The van der Waals surface area contributed by atoms with Gasteiger partial charge in [-0.25, -0.2) is 9.78 Å². The van der Waals surface area contributed by atoms with Gasteiger partial charge in [0.2, 0.25) is 5.95 Å². The first-order valence-electron chi connectivity index (χ1n) is 10.0. The highest BCUT2D eigenvalue weighted by Gasteiger charge is 2.27. The molecule has 0 saturated carbocycles. The van der Waals surface area contributed by atoms with E-state index in [9.17, 15) is 14.7 Å². The highest BCUT2D eigenvalue weighted by Crippen LogP contribution is 2.35. The van der Waals surface area contributed by atoms with Gasteiger partial charge >= 0.3 is 12.1 Å². The summed E-state index contributed by atoms with van der Waals surface area (Å²) < 4.78 is 16.1. The van der Waals surface area contributed by atoms with Gasteiger partial charge in [-0.3, -0.25) is 10.1 Å². The number of amides is 1. The first kappa shape index (κ1) is 22.4. The van der Waals surface area contributed by atoms with E-state index in [0.29, 0.717) is 54.3 Å². The van der Waals surface area contributed by atoms with Crippen LogP contribution < -0.4 is 19.7 Å². The predicted molar refractivity (Wildman–Crippen MR) is 115 cm³/mol. The van der Waals surface area contributed by atoms with E-state index in [1.165, 1.54) is 14.2 Å². The van der Waals surface area contributed by atoms with Gasteiger partial charge in [0.1, 0.15) is 11.4 Å². The average molecular weight is 432 g/mol. The van der Waals surface area contributed by atoms with Gasteiger partial charge in [0.25, 0.3) is 0 Å². The molecule has 2 aromatic rings. The third kappa shape index (κ3) is 5.25. The van der Waals surface area contributed by atoms with E-state index in [-0.39, 0.29) is 11.7 Å². The summed E-state index contributed by atoms with van der Waals surface area (Å²) >= 11 is 0. The van der Waals surface area contributed by atoms with Crippen LogP contribution in [0.2, 0.25) is 0 Å². The molecule has 0 radical (unpaired) electrons. The average Bonchev–Trinajstić information content (AvgIpc) is 2.71. The van der Waals surface area contributed by atoms with Crippen molar-refractivity contribution >= 4 is 34.7 Å². The van der Waals surface area contributed by atoms with Crippen molar-refractivity contribution in [2.75, 3.05) is 37.5 Å². The molecule has 0 aliphatic carbocycles. The van der Waals surface area contributed by atoms with Crippen molar-refractivity contribution in [2.45, 2.75) is 39.2 Å². The summed E-state index contributed by atoms with van der Waals surface area (Å²) in [5.74, 6) is 0.474.